The van der Waals surface area contributed by atoms with Crippen LogP contribution in [0.15, 0.2) is 61.2 Å². The normalized spacial score (nSPS) is 10.0. The van der Waals surface area contributed by atoms with Gasteiger partial charge in [0.2, 0.25) is 5.91 Å². The Hall–Kier alpha value is -2.88. The molecule has 0 aromatic heterocycles. The van der Waals surface area contributed by atoms with E-state index in [0.717, 1.165) is 18.4 Å². The lowest BCUT2D eigenvalue weighted by atomic mass is 10.1. The van der Waals surface area contributed by atoms with E-state index in [4.69, 9.17) is 0 Å². The molecule has 0 atom stereocenters. The number of unbranched alkanes of at least 4 members (excludes halogenated alkanes) is 1. The maximum atomic E-state index is 12.2. The van der Waals surface area contributed by atoms with Gasteiger partial charge in [-0.2, -0.15) is 0 Å². The van der Waals surface area contributed by atoms with Crippen LogP contribution in [0, 0.1) is 6.92 Å². The number of anilines is 2. The molecule has 2 amide bonds. The van der Waals surface area contributed by atoms with Crippen molar-refractivity contribution in [1.82, 2.24) is 0 Å². The Balaban J connectivity index is 1.97. The summed E-state index contributed by atoms with van der Waals surface area (Å²) in [5.74, 6) is -0.219. The van der Waals surface area contributed by atoms with Gasteiger partial charge in [-0.3, -0.25) is 9.59 Å². The summed E-state index contributed by atoms with van der Waals surface area (Å²) in [6, 6.07) is 14.5. The Labute approximate surface area is 142 Å². The molecule has 0 aliphatic heterocycles. The number of amides is 2. The molecule has 24 heavy (non-hydrogen) atoms. The predicted molar refractivity (Wildman–Crippen MR) is 98.3 cm³/mol. The summed E-state index contributed by atoms with van der Waals surface area (Å²) in [5.41, 5.74) is 3.01. The number of aryl methyl sites for hydroxylation is 1. The third-order valence-corrected chi connectivity index (χ3v) is 3.53. The molecule has 0 saturated carbocycles. The van der Waals surface area contributed by atoms with Crippen LogP contribution >= 0.6 is 0 Å². The van der Waals surface area contributed by atoms with Crippen molar-refractivity contribution in [3.8, 4) is 0 Å². The highest BCUT2D eigenvalue weighted by Gasteiger charge is 2.07. The second-order valence-corrected chi connectivity index (χ2v) is 5.63. The van der Waals surface area contributed by atoms with Crippen molar-refractivity contribution in [2.75, 3.05) is 10.6 Å². The highest BCUT2D eigenvalue weighted by Crippen LogP contribution is 2.17. The van der Waals surface area contributed by atoms with Crippen LogP contribution < -0.4 is 10.6 Å². The molecule has 0 fully saturated rings. The maximum absolute atomic E-state index is 12.2. The van der Waals surface area contributed by atoms with Crippen LogP contribution in [0.2, 0.25) is 0 Å². The first-order valence-electron chi connectivity index (χ1n) is 7.97. The summed E-state index contributed by atoms with van der Waals surface area (Å²) in [7, 11) is 0. The first-order chi connectivity index (χ1) is 11.6. The number of benzene rings is 2. The summed E-state index contributed by atoms with van der Waals surface area (Å²) >= 11 is 0. The zero-order chi connectivity index (χ0) is 17.4. The van der Waals surface area contributed by atoms with E-state index in [9.17, 15) is 9.59 Å². The smallest absolute Gasteiger partial charge is 0.255 e. The molecule has 2 aromatic rings. The lowest BCUT2D eigenvalue weighted by Crippen LogP contribution is -2.13. The monoisotopic (exact) mass is 322 g/mol. The largest absolute Gasteiger partial charge is 0.326 e. The zero-order valence-electron chi connectivity index (χ0n) is 13.8. The number of hydrogen-bond acceptors (Lipinski definition) is 2. The number of carbonyl (C=O) groups excluding carboxylic acids is 2. The van der Waals surface area contributed by atoms with Gasteiger partial charge in [-0.1, -0.05) is 29.8 Å². The highest BCUT2D eigenvalue weighted by atomic mass is 16.2. The summed E-state index contributed by atoms with van der Waals surface area (Å²) in [6.45, 7) is 5.61. The van der Waals surface area contributed by atoms with Gasteiger partial charge in [0.1, 0.15) is 0 Å². The molecule has 0 aliphatic rings. The van der Waals surface area contributed by atoms with Crippen molar-refractivity contribution >= 4 is 23.2 Å². The van der Waals surface area contributed by atoms with E-state index in [2.05, 4.69) is 17.2 Å². The topological polar surface area (TPSA) is 58.2 Å². The molecule has 2 N–H and O–H groups in total. The van der Waals surface area contributed by atoms with E-state index >= 15 is 0 Å². The number of nitrogens with one attached hydrogen (secondary N) is 2. The van der Waals surface area contributed by atoms with Gasteiger partial charge >= 0.3 is 0 Å². The number of carbonyl (C=O) groups is 2. The SMILES string of the molecule is C=CCCCC(=O)Nc1cccc(NC(=O)c2ccc(C)cc2)c1. The lowest BCUT2D eigenvalue weighted by molar-refractivity contribution is -0.116. The number of allylic oxidation sites excluding steroid dienone is 1. The highest BCUT2D eigenvalue weighted by molar-refractivity contribution is 6.04. The van der Waals surface area contributed by atoms with Crippen LogP contribution in [0.4, 0.5) is 11.4 Å². The summed E-state index contributed by atoms with van der Waals surface area (Å²) in [5, 5.41) is 5.68. The molecule has 2 aromatic carbocycles. The van der Waals surface area contributed by atoms with E-state index in [1.54, 1.807) is 42.5 Å². The third kappa shape index (κ3) is 5.39. The quantitative estimate of drug-likeness (QED) is 0.580. The lowest BCUT2D eigenvalue weighted by Gasteiger charge is -2.09. The fourth-order valence-electron chi connectivity index (χ4n) is 2.21. The van der Waals surface area contributed by atoms with E-state index in [1.807, 2.05) is 19.1 Å². The minimum atomic E-state index is -0.176. The number of rotatable bonds is 7. The summed E-state index contributed by atoms with van der Waals surface area (Å²) in [6.07, 6.45) is 3.85. The molecule has 4 nitrogen and oxygen atoms in total. The predicted octanol–water partition coefficient (Wildman–Crippen LogP) is 4.54. The Morgan fingerprint density at radius 1 is 1.04 bits per heavy atom. The first kappa shape index (κ1) is 17.5. The van der Waals surface area contributed by atoms with Gasteiger partial charge in [-0.25, -0.2) is 0 Å². The van der Waals surface area contributed by atoms with Gasteiger partial charge in [0, 0.05) is 23.4 Å². The fraction of sp³-hybridized carbons (Fsp3) is 0.200. The Bertz CT molecular complexity index is 721. The molecule has 0 aliphatic carbocycles. The second kappa shape index (κ2) is 8.67. The first-order valence-corrected chi connectivity index (χ1v) is 7.97. The molecular formula is C20H22N2O2. The molecule has 0 spiro atoms. The minimum absolute atomic E-state index is 0.0427. The van der Waals surface area contributed by atoms with Crippen LogP contribution in [0.25, 0.3) is 0 Å². The van der Waals surface area contributed by atoms with Gasteiger partial charge in [0.15, 0.2) is 0 Å². The van der Waals surface area contributed by atoms with Gasteiger partial charge in [0.25, 0.3) is 5.91 Å². The van der Waals surface area contributed by atoms with Crippen LogP contribution in [-0.2, 0) is 4.79 Å². The van der Waals surface area contributed by atoms with Crippen LogP contribution in [0.5, 0.6) is 0 Å². The van der Waals surface area contributed by atoms with Gasteiger partial charge in [0.05, 0.1) is 0 Å². The molecule has 0 radical (unpaired) electrons. The number of hydrogen-bond donors (Lipinski definition) is 2. The standard InChI is InChI=1S/C20H22N2O2/c1-3-4-5-9-19(23)21-17-7-6-8-18(14-17)22-20(24)16-12-10-15(2)11-13-16/h3,6-8,10-14H,1,4-5,9H2,2H3,(H,21,23)(H,22,24). The molecule has 124 valence electrons. The van der Waals surface area contributed by atoms with E-state index in [-0.39, 0.29) is 11.8 Å². The molecule has 0 unspecified atom stereocenters. The molecule has 0 heterocycles. The Morgan fingerprint density at radius 3 is 2.38 bits per heavy atom. The summed E-state index contributed by atoms with van der Waals surface area (Å²) < 4.78 is 0. The van der Waals surface area contributed by atoms with Gasteiger partial charge in [-0.05, 0) is 50.1 Å². The van der Waals surface area contributed by atoms with Crippen LogP contribution in [-0.4, -0.2) is 11.8 Å². The van der Waals surface area contributed by atoms with E-state index in [1.165, 1.54) is 0 Å². The average molecular weight is 322 g/mol. The van der Waals surface area contributed by atoms with Crippen LogP contribution in [0.3, 0.4) is 0 Å². The fourth-order valence-corrected chi connectivity index (χ4v) is 2.21. The van der Waals surface area contributed by atoms with Gasteiger partial charge in [-0.15, -0.1) is 6.58 Å². The molecule has 4 heteroatoms. The summed E-state index contributed by atoms with van der Waals surface area (Å²) in [4.78, 5) is 24.1. The van der Waals surface area contributed by atoms with Crippen molar-refractivity contribution in [2.24, 2.45) is 0 Å². The second-order valence-electron chi connectivity index (χ2n) is 5.63. The Kier molecular flexibility index (Phi) is 6.32. The molecular weight excluding hydrogens is 300 g/mol. The van der Waals surface area contributed by atoms with E-state index < -0.39 is 0 Å². The minimum Gasteiger partial charge on any atom is -0.326 e. The third-order valence-electron chi connectivity index (χ3n) is 3.53. The van der Waals surface area contributed by atoms with Crippen LogP contribution in [0.1, 0.15) is 35.2 Å². The van der Waals surface area contributed by atoms with E-state index in [0.29, 0.717) is 23.4 Å². The molecule has 2 rings (SSSR count). The Morgan fingerprint density at radius 2 is 1.71 bits per heavy atom. The zero-order valence-corrected chi connectivity index (χ0v) is 13.8. The van der Waals surface area contributed by atoms with Crippen molar-refractivity contribution < 1.29 is 9.59 Å². The van der Waals surface area contributed by atoms with Crippen molar-refractivity contribution in [2.45, 2.75) is 26.2 Å². The van der Waals surface area contributed by atoms with Crippen molar-refractivity contribution in [1.29, 1.82) is 0 Å². The van der Waals surface area contributed by atoms with Gasteiger partial charge < -0.3 is 10.6 Å². The molecule has 0 saturated heterocycles. The molecule has 0 bridgehead atoms. The van der Waals surface area contributed by atoms with Crippen molar-refractivity contribution in [3.63, 3.8) is 0 Å². The maximum Gasteiger partial charge on any atom is 0.255 e. The van der Waals surface area contributed by atoms with Crippen molar-refractivity contribution in [3.05, 3.63) is 72.3 Å². The average Bonchev–Trinajstić information content (AvgIpc) is 2.56.